The van der Waals surface area contributed by atoms with Gasteiger partial charge in [0.05, 0.1) is 0 Å². The van der Waals surface area contributed by atoms with E-state index in [4.69, 9.17) is 17.0 Å². The van der Waals surface area contributed by atoms with Crippen LogP contribution in [0.4, 0.5) is 0 Å². The van der Waals surface area contributed by atoms with Crippen molar-refractivity contribution in [2.45, 2.75) is 26.4 Å². The van der Waals surface area contributed by atoms with Gasteiger partial charge in [-0.1, -0.05) is 30.3 Å². The quantitative estimate of drug-likeness (QED) is 0.818. The molecular weight excluding hydrogens is 222 g/mol. The number of thiocarbonyl (C=S) groups is 1. The van der Waals surface area contributed by atoms with Gasteiger partial charge in [-0.3, -0.25) is 10.1 Å². The lowest BCUT2D eigenvalue weighted by atomic mass is 10.1. The van der Waals surface area contributed by atoms with E-state index in [1.807, 2.05) is 37.3 Å². The first-order valence-corrected chi connectivity index (χ1v) is 5.51. The van der Waals surface area contributed by atoms with Gasteiger partial charge in [0.15, 0.2) is 0 Å². The van der Waals surface area contributed by atoms with Crippen LogP contribution in [-0.2, 0) is 16.0 Å². The van der Waals surface area contributed by atoms with E-state index >= 15 is 0 Å². The maximum absolute atomic E-state index is 10.7. The molecule has 0 bridgehead atoms. The molecule has 1 aromatic rings. The van der Waals surface area contributed by atoms with Crippen LogP contribution < -0.4 is 5.32 Å². The summed E-state index contributed by atoms with van der Waals surface area (Å²) in [5, 5.41) is 2.56. The molecule has 4 heteroatoms. The standard InChI is InChI=1S/C12H15NO2S/c1-9(15-12(16)13-10(2)14)8-11-6-4-3-5-7-11/h3-7,9H,8H2,1-2H3,(H,13,14,16). The summed E-state index contributed by atoms with van der Waals surface area (Å²) in [6.45, 7) is 3.32. The number of amides is 1. The summed E-state index contributed by atoms with van der Waals surface area (Å²) < 4.78 is 5.36. The molecule has 3 nitrogen and oxygen atoms in total. The molecule has 0 aliphatic rings. The van der Waals surface area contributed by atoms with Gasteiger partial charge >= 0.3 is 0 Å². The fourth-order valence-electron chi connectivity index (χ4n) is 1.34. The second-order valence-electron chi connectivity index (χ2n) is 3.59. The van der Waals surface area contributed by atoms with Crippen LogP contribution in [-0.4, -0.2) is 17.2 Å². The molecule has 1 atom stereocenters. The second-order valence-corrected chi connectivity index (χ2v) is 3.96. The van der Waals surface area contributed by atoms with Crippen molar-refractivity contribution in [1.29, 1.82) is 0 Å². The maximum atomic E-state index is 10.7. The highest BCUT2D eigenvalue weighted by molar-refractivity contribution is 7.80. The van der Waals surface area contributed by atoms with Gasteiger partial charge < -0.3 is 4.74 Å². The highest BCUT2D eigenvalue weighted by Gasteiger charge is 2.07. The molecule has 16 heavy (non-hydrogen) atoms. The summed E-state index contributed by atoms with van der Waals surface area (Å²) in [5.74, 6) is -0.211. The van der Waals surface area contributed by atoms with Gasteiger partial charge in [0, 0.05) is 13.3 Å². The second kappa shape index (κ2) is 6.23. The average molecular weight is 237 g/mol. The number of benzene rings is 1. The van der Waals surface area contributed by atoms with Gasteiger partial charge in [-0.05, 0) is 24.7 Å². The van der Waals surface area contributed by atoms with E-state index in [1.54, 1.807) is 0 Å². The summed E-state index contributed by atoms with van der Waals surface area (Å²) in [5.41, 5.74) is 1.18. The van der Waals surface area contributed by atoms with Crippen LogP contribution in [0.2, 0.25) is 0 Å². The zero-order valence-electron chi connectivity index (χ0n) is 9.40. The van der Waals surface area contributed by atoms with E-state index in [2.05, 4.69) is 5.32 Å². The Morgan fingerprint density at radius 2 is 2.06 bits per heavy atom. The fraction of sp³-hybridized carbons (Fsp3) is 0.333. The van der Waals surface area contributed by atoms with Gasteiger partial charge in [0.25, 0.3) is 5.17 Å². The minimum atomic E-state index is -0.211. The molecule has 0 saturated heterocycles. The molecule has 0 saturated carbocycles. The van der Waals surface area contributed by atoms with E-state index in [0.29, 0.717) is 0 Å². The van der Waals surface area contributed by atoms with E-state index in [-0.39, 0.29) is 17.2 Å². The van der Waals surface area contributed by atoms with Crippen molar-refractivity contribution in [1.82, 2.24) is 5.32 Å². The smallest absolute Gasteiger partial charge is 0.263 e. The van der Waals surface area contributed by atoms with Gasteiger partial charge in [-0.25, -0.2) is 0 Å². The molecule has 0 fully saturated rings. The normalized spacial score (nSPS) is 11.6. The van der Waals surface area contributed by atoms with Crippen molar-refractivity contribution < 1.29 is 9.53 Å². The first-order valence-electron chi connectivity index (χ1n) is 5.10. The van der Waals surface area contributed by atoms with Crippen LogP contribution in [0.15, 0.2) is 30.3 Å². The highest BCUT2D eigenvalue weighted by Crippen LogP contribution is 2.05. The molecule has 0 aliphatic carbocycles. The largest absolute Gasteiger partial charge is 0.467 e. The van der Waals surface area contributed by atoms with Crippen LogP contribution in [0.1, 0.15) is 19.4 Å². The third kappa shape index (κ3) is 4.89. The lowest BCUT2D eigenvalue weighted by Gasteiger charge is -2.15. The monoisotopic (exact) mass is 237 g/mol. The Balaban J connectivity index is 2.39. The van der Waals surface area contributed by atoms with E-state index < -0.39 is 0 Å². The summed E-state index contributed by atoms with van der Waals surface area (Å²) in [4.78, 5) is 10.7. The van der Waals surface area contributed by atoms with Crippen molar-refractivity contribution in [2.24, 2.45) is 0 Å². The summed E-state index contributed by atoms with van der Waals surface area (Å²) >= 11 is 4.87. The number of nitrogens with one attached hydrogen (secondary N) is 1. The minimum Gasteiger partial charge on any atom is -0.467 e. The zero-order valence-corrected chi connectivity index (χ0v) is 10.2. The van der Waals surface area contributed by atoms with E-state index in [9.17, 15) is 4.79 Å². The van der Waals surface area contributed by atoms with Crippen LogP contribution >= 0.6 is 12.2 Å². The van der Waals surface area contributed by atoms with Gasteiger partial charge in [-0.2, -0.15) is 0 Å². The summed E-state index contributed by atoms with van der Waals surface area (Å²) in [6, 6.07) is 9.99. The number of carbonyl (C=O) groups is 1. The average Bonchev–Trinajstić information content (AvgIpc) is 2.17. The Morgan fingerprint density at radius 1 is 1.44 bits per heavy atom. The molecule has 1 aromatic carbocycles. The molecule has 0 spiro atoms. The number of hydrogen-bond acceptors (Lipinski definition) is 3. The molecule has 1 amide bonds. The Morgan fingerprint density at radius 3 is 2.62 bits per heavy atom. The highest BCUT2D eigenvalue weighted by atomic mass is 32.1. The molecule has 1 N–H and O–H groups in total. The number of ether oxygens (including phenoxy) is 1. The first kappa shape index (κ1) is 12.6. The van der Waals surface area contributed by atoms with Gasteiger partial charge in [0.2, 0.25) is 5.91 Å². The number of rotatable bonds is 3. The molecule has 1 unspecified atom stereocenters. The van der Waals surface area contributed by atoms with Crippen LogP contribution in [0.25, 0.3) is 0 Å². The van der Waals surface area contributed by atoms with Crippen molar-refractivity contribution >= 4 is 23.3 Å². The van der Waals surface area contributed by atoms with Crippen LogP contribution in [0.5, 0.6) is 0 Å². The SMILES string of the molecule is CC(=O)NC(=S)OC(C)Cc1ccccc1. The van der Waals surface area contributed by atoms with Crippen molar-refractivity contribution in [3.8, 4) is 0 Å². The molecule has 86 valence electrons. The minimum absolute atomic E-state index is 0.0539. The Hall–Kier alpha value is -1.42. The van der Waals surface area contributed by atoms with Crippen molar-refractivity contribution in [3.63, 3.8) is 0 Å². The lowest BCUT2D eigenvalue weighted by molar-refractivity contribution is -0.117. The fourth-order valence-corrected chi connectivity index (χ4v) is 1.65. The van der Waals surface area contributed by atoms with E-state index in [0.717, 1.165) is 6.42 Å². The predicted octanol–water partition coefficient (Wildman–Crippen LogP) is 2.06. The van der Waals surface area contributed by atoms with Gasteiger partial charge in [0.1, 0.15) is 6.10 Å². The third-order valence-corrected chi connectivity index (χ3v) is 2.15. The first-order chi connectivity index (χ1) is 7.58. The molecule has 1 rings (SSSR count). The Kier molecular flexibility index (Phi) is 4.92. The maximum Gasteiger partial charge on any atom is 0.263 e. The van der Waals surface area contributed by atoms with Crippen molar-refractivity contribution in [2.75, 3.05) is 0 Å². The zero-order chi connectivity index (χ0) is 12.0. The molecule has 0 aliphatic heterocycles. The Bertz CT molecular complexity index is 365. The molecule has 0 aromatic heterocycles. The predicted molar refractivity (Wildman–Crippen MR) is 67.1 cm³/mol. The van der Waals surface area contributed by atoms with Crippen molar-refractivity contribution in [3.05, 3.63) is 35.9 Å². The number of hydrogen-bond donors (Lipinski definition) is 1. The lowest BCUT2D eigenvalue weighted by Crippen LogP contribution is -2.31. The summed E-state index contributed by atoms with van der Waals surface area (Å²) in [6.07, 6.45) is 0.711. The molecule has 0 heterocycles. The number of carbonyl (C=O) groups excluding carboxylic acids is 1. The van der Waals surface area contributed by atoms with E-state index in [1.165, 1.54) is 12.5 Å². The molecular formula is C12H15NO2S. The topological polar surface area (TPSA) is 38.3 Å². The van der Waals surface area contributed by atoms with Crippen LogP contribution in [0.3, 0.4) is 0 Å². The third-order valence-electron chi connectivity index (χ3n) is 1.95. The van der Waals surface area contributed by atoms with Crippen LogP contribution in [0, 0.1) is 0 Å². The summed E-state index contributed by atoms with van der Waals surface area (Å²) in [7, 11) is 0. The molecule has 0 radical (unpaired) electrons. The Labute approximate surface area is 101 Å². The van der Waals surface area contributed by atoms with Gasteiger partial charge in [-0.15, -0.1) is 0 Å².